The molecular formula is C21H24BrFN2O2. The Labute approximate surface area is 166 Å². The average Bonchev–Trinajstić information content (AvgIpc) is 2.94. The Morgan fingerprint density at radius 1 is 1.22 bits per heavy atom. The molecule has 1 aliphatic carbocycles. The Morgan fingerprint density at radius 3 is 2.56 bits per heavy atom. The van der Waals surface area contributed by atoms with Gasteiger partial charge < -0.3 is 9.88 Å². The molecule has 2 aromatic rings. The second kappa shape index (κ2) is 8.83. The van der Waals surface area contributed by atoms with E-state index in [0.29, 0.717) is 15.6 Å². The van der Waals surface area contributed by atoms with E-state index in [4.69, 9.17) is 0 Å². The van der Waals surface area contributed by atoms with Crippen molar-refractivity contribution in [3.63, 3.8) is 0 Å². The number of halogens is 2. The molecule has 0 spiro atoms. The van der Waals surface area contributed by atoms with E-state index >= 15 is 0 Å². The van der Waals surface area contributed by atoms with E-state index in [1.807, 2.05) is 0 Å². The van der Waals surface area contributed by atoms with E-state index in [2.05, 4.69) is 21.2 Å². The summed E-state index contributed by atoms with van der Waals surface area (Å²) in [5.41, 5.74) is 1.07. The predicted molar refractivity (Wildman–Crippen MR) is 108 cm³/mol. The Morgan fingerprint density at radius 2 is 1.89 bits per heavy atom. The number of rotatable bonds is 4. The summed E-state index contributed by atoms with van der Waals surface area (Å²) in [6, 6.07) is 6.38. The van der Waals surface area contributed by atoms with Crippen LogP contribution in [0.25, 0.3) is 0 Å². The zero-order valence-corrected chi connectivity index (χ0v) is 17.0. The lowest BCUT2D eigenvalue weighted by molar-refractivity contribution is -0.120. The van der Waals surface area contributed by atoms with Crippen LogP contribution in [0.15, 0.2) is 39.7 Å². The normalized spacial score (nSPS) is 15.4. The maximum absolute atomic E-state index is 14.0. The van der Waals surface area contributed by atoms with E-state index in [-0.39, 0.29) is 35.4 Å². The lowest BCUT2D eigenvalue weighted by Crippen LogP contribution is -2.30. The number of nitrogens with one attached hydrogen (secondary N) is 1. The molecule has 0 unspecified atom stereocenters. The van der Waals surface area contributed by atoms with Gasteiger partial charge in [0.15, 0.2) is 0 Å². The van der Waals surface area contributed by atoms with Crippen molar-refractivity contribution in [1.82, 2.24) is 4.57 Å². The molecule has 0 saturated heterocycles. The third-order valence-corrected chi connectivity index (χ3v) is 6.05. The van der Waals surface area contributed by atoms with Crippen molar-refractivity contribution >= 4 is 27.5 Å². The number of nitrogens with zero attached hydrogens (tertiary/aromatic N) is 1. The summed E-state index contributed by atoms with van der Waals surface area (Å²) in [5.74, 6) is -0.497. The number of carbonyl (C=O) groups excluding carboxylic acids is 1. The molecule has 1 amide bonds. The van der Waals surface area contributed by atoms with E-state index in [1.165, 1.54) is 10.6 Å². The van der Waals surface area contributed by atoms with E-state index in [1.54, 1.807) is 31.3 Å². The number of pyridine rings is 1. The molecule has 1 N–H and O–H groups in total. The Bertz CT molecular complexity index is 886. The van der Waals surface area contributed by atoms with Gasteiger partial charge in [-0.3, -0.25) is 9.59 Å². The van der Waals surface area contributed by atoms with Crippen LogP contribution in [0.2, 0.25) is 0 Å². The van der Waals surface area contributed by atoms with Crippen LogP contribution in [-0.2, 0) is 11.3 Å². The van der Waals surface area contributed by atoms with Crippen LogP contribution in [0.4, 0.5) is 10.1 Å². The minimum Gasteiger partial charge on any atom is -0.321 e. The van der Waals surface area contributed by atoms with Crippen LogP contribution in [0, 0.1) is 18.7 Å². The van der Waals surface area contributed by atoms with Crippen LogP contribution < -0.4 is 10.9 Å². The van der Waals surface area contributed by atoms with Gasteiger partial charge in [-0.25, -0.2) is 4.39 Å². The number of benzene rings is 1. The first-order valence-corrected chi connectivity index (χ1v) is 10.2. The fraction of sp³-hybridized carbons (Fsp3) is 0.429. The monoisotopic (exact) mass is 434 g/mol. The van der Waals surface area contributed by atoms with Gasteiger partial charge in [-0.1, -0.05) is 43.9 Å². The molecule has 1 aromatic carbocycles. The van der Waals surface area contributed by atoms with Gasteiger partial charge in [-0.05, 0) is 47.3 Å². The highest BCUT2D eigenvalue weighted by atomic mass is 79.9. The first-order chi connectivity index (χ1) is 13.0. The predicted octanol–water partition coefficient (Wildman–Crippen LogP) is 5.02. The summed E-state index contributed by atoms with van der Waals surface area (Å²) in [6.07, 6.45) is 7.79. The zero-order valence-electron chi connectivity index (χ0n) is 15.4. The van der Waals surface area contributed by atoms with Gasteiger partial charge in [0, 0.05) is 22.2 Å². The second-order valence-electron chi connectivity index (χ2n) is 7.18. The van der Waals surface area contributed by atoms with Crippen molar-refractivity contribution in [3.8, 4) is 0 Å². The summed E-state index contributed by atoms with van der Waals surface area (Å²) >= 11 is 3.46. The van der Waals surface area contributed by atoms with Gasteiger partial charge in [0.1, 0.15) is 11.5 Å². The highest BCUT2D eigenvalue weighted by Gasteiger charge is 2.22. The van der Waals surface area contributed by atoms with Crippen LogP contribution in [-0.4, -0.2) is 10.5 Å². The maximum atomic E-state index is 14.0. The number of anilines is 1. The standard InChI is InChI=1S/C21H24BrFN2O2/c1-14-17(22)13-25(12-16-10-6-7-11-18(16)23)21(27)19(14)24-20(26)15-8-4-2-3-5-9-15/h6-7,10-11,13,15H,2-5,8-9,12H2,1H3,(H,24,26). The third kappa shape index (κ3) is 4.67. The third-order valence-electron chi connectivity index (χ3n) is 5.25. The number of amides is 1. The van der Waals surface area contributed by atoms with Crippen molar-refractivity contribution < 1.29 is 9.18 Å². The van der Waals surface area contributed by atoms with Crippen molar-refractivity contribution in [1.29, 1.82) is 0 Å². The zero-order chi connectivity index (χ0) is 19.4. The molecule has 4 nitrogen and oxygen atoms in total. The summed E-state index contributed by atoms with van der Waals surface area (Å²) in [6.45, 7) is 1.90. The summed E-state index contributed by atoms with van der Waals surface area (Å²) in [7, 11) is 0. The highest BCUT2D eigenvalue weighted by Crippen LogP contribution is 2.26. The van der Waals surface area contributed by atoms with Gasteiger partial charge in [0.2, 0.25) is 5.91 Å². The van der Waals surface area contributed by atoms with Crippen molar-refractivity contribution in [2.24, 2.45) is 5.92 Å². The maximum Gasteiger partial charge on any atom is 0.274 e. The molecule has 1 heterocycles. The van der Waals surface area contributed by atoms with Crippen molar-refractivity contribution in [3.05, 3.63) is 62.2 Å². The molecule has 3 rings (SSSR count). The molecule has 0 bridgehead atoms. The fourth-order valence-corrected chi connectivity index (χ4v) is 4.00. The molecular weight excluding hydrogens is 411 g/mol. The number of carbonyl (C=O) groups is 1. The minimum atomic E-state index is -0.356. The topological polar surface area (TPSA) is 51.1 Å². The molecule has 1 fully saturated rings. The van der Waals surface area contributed by atoms with Gasteiger partial charge in [0.05, 0.1) is 6.54 Å². The van der Waals surface area contributed by atoms with Crippen LogP contribution in [0.5, 0.6) is 0 Å². The summed E-state index contributed by atoms with van der Waals surface area (Å²) in [5, 5.41) is 2.86. The van der Waals surface area contributed by atoms with Gasteiger partial charge in [0.25, 0.3) is 5.56 Å². The quantitative estimate of drug-likeness (QED) is 0.686. The molecule has 144 valence electrons. The lowest BCUT2D eigenvalue weighted by atomic mass is 9.99. The molecule has 0 radical (unpaired) electrons. The van der Waals surface area contributed by atoms with Gasteiger partial charge in [-0.15, -0.1) is 0 Å². The second-order valence-corrected chi connectivity index (χ2v) is 8.03. The number of hydrogen-bond acceptors (Lipinski definition) is 2. The van der Waals surface area contributed by atoms with Crippen LogP contribution in [0.1, 0.15) is 49.7 Å². The van der Waals surface area contributed by atoms with Crippen molar-refractivity contribution in [2.75, 3.05) is 5.32 Å². The Balaban J connectivity index is 1.88. The Hall–Kier alpha value is -1.95. The van der Waals surface area contributed by atoms with E-state index in [9.17, 15) is 14.0 Å². The lowest BCUT2D eigenvalue weighted by Gasteiger charge is -2.17. The van der Waals surface area contributed by atoms with Crippen molar-refractivity contribution in [2.45, 2.75) is 52.0 Å². The largest absolute Gasteiger partial charge is 0.321 e. The first kappa shape index (κ1) is 19.8. The van der Waals surface area contributed by atoms with E-state index < -0.39 is 0 Å². The van der Waals surface area contributed by atoms with Crippen LogP contribution in [0.3, 0.4) is 0 Å². The molecule has 1 saturated carbocycles. The first-order valence-electron chi connectivity index (χ1n) is 9.41. The van der Waals surface area contributed by atoms with E-state index in [0.717, 1.165) is 38.5 Å². The highest BCUT2D eigenvalue weighted by molar-refractivity contribution is 9.10. The number of aromatic nitrogens is 1. The molecule has 1 aromatic heterocycles. The molecule has 1 aliphatic rings. The molecule has 0 atom stereocenters. The average molecular weight is 435 g/mol. The van der Waals surface area contributed by atoms with Crippen LogP contribution >= 0.6 is 15.9 Å². The summed E-state index contributed by atoms with van der Waals surface area (Å²) in [4.78, 5) is 25.7. The number of hydrogen-bond donors (Lipinski definition) is 1. The fourth-order valence-electron chi connectivity index (χ4n) is 3.56. The molecule has 27 heavy (non-hydrogen) atoms. The smallest absolute Gasteiger partial charge is 0.274 e. The Kier molecular flexibility index (Phi) is 6.47. The SMILES string of the molecule is Cc1c(Br)cn(Cc2ccccc2F)c(=O)c1NC(=O)C1CCCCCC1. The molecule has 6 heteroatoms. The van der Waals surface area contributed by atoms with Gasteiger partial charge in [-0.2, -0.15) is 0 Å². The summed E-state index contributed by atoms with van der Waals surface area (Å²) < 4.78 is 16.1. The van der Waals surface area contributed by atoms with Gasteiger partial charge >= 0.3 is 0 Å². The molecule has 0 aliphatic heterocycles. The minimum absolute atomic E-state index is 0.0506.